The molecule has 0 saturated heterocycles. The maximum Gasteiger partial charge on any atom is 0.573 e. The minimum absolute atomic E-state index is 0.282. The van der Waals surface area contributed by atoms with Crippen molar-refractivity contribution in [1.29, 1.82) is 0 Å². The van der Waals surface area contributed by atoms with Crippen molar-refractivity contribution >= 4 is 19.7 Å². The molecule has 0 unspecified atom stereocenters. The van der Waals surface area contributed by atoms with Gasteiger partial charge in [-0.25, -0.2) is 22.2 Å². The van der Waals surface area contributed by atoms with Gasteiger partial charge in [0.2, 0.25) is 0 Å². The van der Waals surface area contributed by atoms with Gasteiger partial charge < -0.3 is 10.5 Å². The number of halogens is 6. The van der Waals surface area contributed by atoms with Crippen LogP contribution in [0.1, 0.15) is 17.7 Å². The van der Waals surface area contributed by atoms with Crippen LogP contribution in [0, 0.1) is 0 Å². The summed E-state index contributed by atoms with van der Waals surface area (Å²) in [4.78, 5) is 3.01. The van der Waals surface area contributed by atoms with Gasteiger partial charge in [-0.2, -0.15) is 0 Å². The van der Waals surface area contributed by atoms with Crippen LogP contribution in [0.5, 0.6) is 5.75 Å². The van der Waals surface area contributed by atoms with Crippen molar-refractivity contribution in [3.05, 3.63) is 17.3 Å². The molecule has 0 fully saturated rings. The highest BCUT2D eigenvalue weighted by Gasteiger charge is 2.34. The number of pyridine rings is 1. The fraction of sp³-hybridized carbons (Fsp3) is 0.375. The molecule has 0 aliphatic rings. The molecule has 0 spiro atoms. The minimum atomic E-state index is -5.22. The molecule has 0 amide bonds. The third-order valence-electron chi connectivity index (χ3n) is 1.98. The number of hydrogen-bond donors (Lipinski definition) is 1. The Hall–Kier alpha value is -1.20. The molecule has 1 aromatic rings. The average Bonchev–Trinajstić information content (AvgIpc) is 2.24. The second kappa shape index (κ2) is 5.66. The third kappa shape index (κ3) is 4.15. The van der Waals surface area contributed by atoms with E-state index in [0.29, 0.717) is 0 Å². The number of ether oxygens (including phenoxy) is 1. The number of nitrogens with zero attached hydrogens (tertiary/aromatic N) is 1. The highest BCUT2D eigenvalue weighted by molar-refractivity contribution is 8.13. The van der Waals surface area contributed by atoms with Gasteiger partial charge in [0.1, 0.15) is 11.4 Å². The summed E-state index contributed by atoms with van der Waals surface area (Å²) < 4.78 is 87.4. The van der Waals surface area contributed by atoms with Crippen LogP contribution in [-0.2, 0) is 15.6 Å². The minimum Gasteiger partial charge on any atom is -0.405 e. The van der Waals surface area contributed by atoms with E-state index in [-0.39, 0.29) is 6.07 Å². The summed E-state index contributed by atoms with van der Waals surface area (Å²) in [5.74, 6) is -1.19. The van der Waals surface area contributed by atoms with Crippen LogP contribution in [0.25, 0.3) is 0 Å². The molecule has 0 aliphatic carbocycles. The first-order chi connectivity index (χ1) is 8.95. The molecule has 0 aromatic carbocycles. The van der Waals surface area contributed by atoms with Gasteiger partial charge >= 0.3 is 6.36 Å². The Labute approximate surface area is 113 Å². The quantitative estimate of drug-likeness (QED) is 0.672. The van der Waals surface area contributed by atoms with Crippen molar-refractivity contribution in [3.8, 4) is 5.75 Å². The van der Waals surface area contributed by atoms with E-state index in [1.165, 1.54) is 0 Å². The highest BCUT2D eigenvalue weighted by atomic mass is 35.7. The van der Waals surface area contributed by atoms with Crippen molar-refractivity contribution in [2.24, 2.45) is 5.73 Å². The molecular weight excluding hydrogens is 335 g/mol. The number of aromatic nitrogens is 1. The number of rotatable bonds is 4. The Morgan fingerprint density at radius 3 is 2.30 bits per heavy atom. The first-order valence-electron chi connectivity index (χ1n) is 4.68. The van der Waals surface area contributed by atoms with Crippen LogP contribution in [0.3, 0.4) is 0 Å². The van der Waals surface area contributed by atoms with Gasteiger partial charge in [-0.3, -0.25) is 0 Å². The van der Waals surface area contributed by atoms with Crippen LogP contribution < -0.4 is 10.5 Å². The van der Waals surface area contributed by atoms with Gasteiger partial charge in [-0.15, -0.1) is 13.2 Å². The van der Waals surface area contributed by atoms with Crippen LogP contribution in [0.2, 0.25) is 0 Å². The molecular formula is C8H6ClF5N2O3S. The molecule has 1 rings (SSSR count). The Bertz CT molecular complexity index is 605. The Kier molecular flexibility index (Phi) is 4.77. The summed E-state index contributed by atoms with van der Waals surface area (Å²) in [5.41, 5.74) is 3.06. The molecule has 5 nitrogen and oxygen atoms in total. The maximum absolute atomic E-state index is 12.7. The summed E-state index contributed by atoms with van der Waals surface area (Å²) >= 11 is 0. The van der Waals surface area contributed by atoms with Crippen LogP contribution in [-0.4, -0.2) is 19.8 Å². The monoisotopic (exact) mass is 340 g/mol. The lowest BCUT2D eigenvalue weighted by atomic mass is 10.2. The molecule has 1 aromatic heterocycles. The zero-order chi connectivity index (χ0) is 15.7. The van der Waals surface area contributed by atoms with Gasteiger partial charge in [-0.05, 0) is 0 Å². The van der Waals surface area contributed by atoms with Crippen LogP contribution in [0.15, 0.2) is 11.1 Å². The van der Waals surface area contributed by atoms with E-state index in [1.807, 2.05) is 0 Å². The van der Waals surface area contributed by atoms with Gasteiger partial charge in [0.25, 0.3) is 15.5 Å². The number of hydrogen-bond acceptors (Lipinski definition) is 5. The summed E-state index contributed by atoms with van der Waals surface area (Å²) in [7, 11) is 0.248. The van der Waals surface area contributed by atoms with Gasteiger partial charge in [0.15, 0.2) is 5.03 Å². The average molecular weight is 341 g/mol. The predicted molar refractivity (Wildman–Crippen MR) is 56.8 cm³/mol. The Morgan fingerprint density at radius 2 is 1.95 bits per heavy atom. The second-order valence-electron chi connectivity index (χ2n) is 3.31. The second-order valence-corrected chi connectivity index (χ2v) is 5.83. The molecule has 0 saturated carbocycles. The Balaban J connectivity index is 3.58. The fourth-order valence-electron chi connectivity index (χ4n) is 1.27. The van der Waals surface area contributed by atoms with E-state index in [0.717, 1.165) is 0 Å². The molecule has 0 atom stereocenters. The summed E-state index contributed by atoms with van der Waals surface area (Å²) in [6, 6.07) is 0.282. The topological polar surface area (TPSA) is 82.3 Å². The van der Waals surface area contributed by atoms with E-state index in [1.54, 1.807) is 0 Å². The predicted octanol–water partition coefficient (Wildman–Crippen LogP) is 2.30. The Morgan fingerprint density at radius 1 is 1.40 bits per heavy atom. The smallest absolute Gasteiger partial charge is 0.405 e. The molecule has 2 N–H and O–H groups in total. The first kappa shape index (κ1) is 16.9. The van der Waals surface area contributed by atoms with E-state index in [2.05, 4.69) is 9.72 Å². The lowest BCUT2D eigenvalue weighted by Crippen LogP contribution is -2.20. The van der Waals surface area contributed by atoms with Crippen molar-refractivity contribution in [2.45, 2.75) is 24.4 Å². The fourth-order valence-corrected chi connectivity index (χ4v) is 1.96. The SMILES string of the molecule is NCc1c(OC(F)(F)F)cc(S(=O)(=O)Cl)nc1C(F)F. The van der Waals surface area contributed by atoms with Crippen molar-refractivity contribution in [2.75, 3.05) is 0 Å². The van der Waals surface area contributed by atoms with Gasteiger partial charge in [-0.1, -0.05) is 0 Å². The largest absolute Gasteiger partial charge is 0.573 e. The normalized spacial score (nSPS) is 12.8. The highest BCUT2D eigenvalue weighted by Crippen LogP contribution is 2.34. The van der Waals surface area contributed by atoms with E-state index < -0.39 is 50.4 Å². The molecule has 0 bridgehead atoms. The van der Waals surface area contributed by atoms with E-state index >= 15 is 0 Å². The van der Waals surface area contributed by atoms with Crippen molar-refractivity contribution in [1.82, 2.24) is 4.98 Å². The molecule has 1 heterocycles. The molecule has 0 aliphatic heterocycles. The van der Waals surface area contributed by atoms with Crippen LogP contribution >= 0.6 is 10.7 Å². The number of alkyl halides is 5. The number of nitrogens with two attached hydrogens (primary N) is 1. The zero-order valence-electron chi connectivity index (χ0n) is 9.29. The maximum atomic E-state index is 12.7. The first-order valence-corrected chi connectivity index (χ1v) is 6.99. The lowest BCUT2D eigenvalue weighted by Gasteiger charge is -2.15. The molecule has 0 radical (unpaired) electrons. The van der Waals surface area contributed by atoms with E-state index in [9.17, 15) is 30.4 Å². The third-order valence-corrected chi connectivity index (χ3v) is 3.16. The lowest BCUT2D eigenvalue weighted by molar-refractivity contribution is -0.275. The van der Waals surface area contributed by atoms with Crippen LogP contribution in [0.4, 0.5) is 22.0 Å². The molecule has 20 heavy (non-hydrogen) atoms. The standard InChI is InChI=1S/C8H6ClF5N2O3S/c9-20(17,18)5-1-4(19-8(12,13)14)3(2-15)6(16-5)7(10)11/h1,7H,2,15H2. The van der Waals surface area contributed by atoms with Crippen molar-refractivity contribution in [3.63, 3.8) is 0 Å². The summed E-state index contributed by atoms with van der Waals surface area (Å²) in [6.45, 7) is -0.763. The molecule has 114 valence electrons. The van der Waals surface area contributed by atoms with Gasteiger partial charge in [0, 0.05) is 28.9 Å². The van der Waals surface area contributed by atoms with E-state index in [4.69, 9.17) is 16.4 Å². The molecule has 12 heteroatoms. The summed E-state index contributed by atoms with van der Waals surface area (Å²) in [5, 5.41) is -1.19. The zero-order valence-corrected chi connectivity index (χ0v) is 10.9. The van der Waals surface area contributed by atoms with Gasteiger partial charge in [0.05, 0.1) is 0 Å². The summed E-state index contributed by atoms with van der Waals surface area (Å²) in [6.07, 6.45) is -8.58. The van der Waals surface area contributed by atoms with Crippen molar-refractivity contribution < 1.29 is 35.1 Å².